The van der Waals surface area contributed by atoms with E-state index in [-0.39, 0.29) is 5.82 Å². The van der Waals surface area contributed by atoms with Crippen molar-refractivity contribution < 1.29 is 4.39 Å². The van der Waals surface area contributed by atoms with Crippen molar-refractivity contribution in [2.24, 2.45) is 0 Å². The van der Waals surface area contributed by atoms with Crippen LogP contribution in [0.2, 0.25) is 0 Å². The minimum Gasteiger partial charge on any atom is -0.353 e. The predicted octanol–water partition coefficient (Wildman–Crippen LogP) is 8.08. The first-order valence-electron chi connectivity index (χ1n) is 16.2. The molecule has 5 rings (SSSR count). The van der Waals surface area contributed by atoms with Crippen LogP contribution in [0.4, 0.5) is 4.39 Å². The molecule has 0 fully saturated rings. The maximum Gasteiger partial charge on any atom is 0.124 e. The number of hydrogen-bond donors (Lipinski definition) is 2. The number of rotatable bonds is 13. The summed E-state index contributed by atoms with van der Waals surface area (Å²) in [6, 6.07) is 19.7. The van der Waals surface area contributed by atoms with E-state index in [9.17, 15) is 4.39 Å². The Morgan fingerprint density at radius 2 is 1.79 bits per heavy atom. The zero-order valence-electron chi connectivity index (χ0n) is 27.9. The van der Waals surface area contributed by atoms with E-state index < -0.39 is 0 Å². The lowest BCUT2D eigenvalue weighted by molar-refractivity contribution is 0.400. The van der Waals surface area contributed by atoms with Crippen molar-refractivity contribution in [3.8, 4) is 22.6 Å². The van der Waals surface area contributed by atoms with Gasteiger partial charge in [0.1, 0.15) is 11.5 Å². The van der Waals surface area contributed by atoms with Crippen molar-refractivity contribution in [2.75, 3.05) is 20.6 Å². The molecule has 0 unspecified atom stereocenters. The first-order chi connectivity index (χ1) is 22.8. The van der Waals surface area contributed by atoms with Gasteiger partial charge < -0.3 is 9.88 Å². The molecule has 0 saturated heterocycles. The zero-order valence-corrected chi connectivity index (χ0v) is 27.9. The number of aromatic amines is 2. The molecule has 3 aromatic heterocycles. The monoisotopic (exact) mass is 625 g/mol. The average Bonchev–Trinajstić information content (AvgIpc) is 3.68. The largest absolute Gasteiger partial charge is 0.353 e. The Morgan fingerprint density at radius 3 is 2.51 bits per heavy atom. The van der Waals surface area contributed by atoms with Crippen LogP contribution in [0.1, 0.15) is 37.8 Å². The fraction of sp³-hybridized carbons (Fsp3) is 0.220. The van der Waals surface area contributed by atoms with E-state index >= 15 is 0 Å². The summed E-state index contributed by atoms with van der Waals surface area (Å²) in [5.41, 5.74) is 9.34. The summed E-state index contributed by atoms with van der Waals surface area (Å²) in [5, 5.41) is 10.7. The second-order valence-corrected chi connectivity index (χ2v) is 12.1. The van der Waals surface area contributed by atoms with Crippen molar-refractivity contribution in [3.05, 3.63) is 142 Å². The lowest BCUT2D eigenvalue weighted by Crippen LogP contribution is -2.23. The highest BCUT2D eigenvalue weighted by Gasteiger charge is 2.15. The molecule has 0 atom stereocenters. The van der Waals surface area contributed by atoms with Gasteiger partial charge in [0.05, 0.1) is 16.7 Å². The van der Waals surface area contributed by atoms with Crippen molar-refractivity contribution in [1.29, 1.82) is 0 Å². The van der Waals surface area contributed by atoms with Gasteiger partial charge in [-0.05, 0) is 124 Å². The van der Waals surface area contributed by atoms with Crippen LogP contribution in [0.3, 0.4) is 0 Å². The van der Waals surface area contributed by atoms with Crippen LogP contribution < -0.4 is 10.6 Å². The van der Waals surface area contributed by atoms with Crippen molar-refractivity contribution >= 4 is 23.1 Å². The Balaban J connectivity index is 1.48. The first-order valence-corrected chi connectivity index (χ1v) is 16.2. The minimum absolute atomic E-state index is 0.253. The van der Waals surface area contributed by atoms with Gasteiger partial charge in [0, 0.05) is 27.9 Å². The number of aromatic nitrogens is 4. The summed E-state index contributed by atoms with van der Waals surface area (Å²) >= 11 is 0. The van der Waals surface area contributed by atoms with Crippen molar-refractivity contribution in [3.63, 3.8) is 0 Å². The lowest BCUT2D eigenvalue weighted by atomic mass is 9.98. The topological polar surface area (TPSA) is 60.6 Å². The quantitative estimate of drug-likeness (QED) is 0.130. The molecule has 6 heteroatoms. The molecule has 47 heavy (non-hydrogen) atoms. The highest BCUT2D eigenvalue weighted by atomic mass is 19.1. The molecule has 240 valence electrons. The van der Waals surface area contributed by atoms with Gasteiger partial charge in [0.15, 0.2) is 0 Å². The van der Waals surface area contributed by atoms with E-state index in [0.29, 0.717) is 0 Å². The van der Waals surface area contributed by atoms with E-state index in [1.54, 1.807) is 18.3 Å². The van der Waals surface area contributed by atoms with E-state index in [2.05, 4.69) is 96.9 Å². The van der Waals surface area contributed by atoms with Crippen molar-refractivity contribution in [2.45, 2.75) is 39.5 Å². The summed E-state index contributed by atoms with van der Waals surface area (Å²) in [7, 11) is 4.10. The van der Waals surface area contributed by atoms with Crippen LogP contribution in [-0.2, 0) is 12.8 Å². The van der Waals surface area contributed by atoms with Crippen LogP contribution in [-0.4, -0.2) is 45.7 Å². The molecule has 0 aliphatic carbocycles. The maximum atomic E-state index is 14.8. The van der Waals surface area contributed by atoms with Gasteiger partial charge in [0.25, 0.3) is 0 Å². The van der Waals surface area contributed by atoms with Gasteiger partial charge in [-0.15, -0.1) is 0 Å². The molecular formula is C41H44FN5. The van der Waals surface area contributed by atoms with Crippen LogP contribution in [0.25, 0.3) is 45.7 Å². The summed E-state index contributed by atoms with van der Waals surface area (Å²) in [6.07, 6.45) is 15.6. The fourth-order valence-corrected chi connectivity index (χ4v) is 5.86. The van der Waals surface area contributed by atoms with Crippen LogP contribution >= 0.6 is 0 Å². The number of nitrogens with zero attached hydrogens (tertiary/aromatic N) is 3. The number of fused-ring (bicyclic) bond motifs is 1. The maximum absolute atomic E-state index is 14.8. The number of aryl methyl sites for hydroxylation is 2. The summed E-state index contributed by atoms with van der Waals surface area (Å²) in [5.74, 6) is -0.253. The molecule has 2 aromatic carbocycles. The molecule has 5 aromatic rings. The zero-order chi connectivity index (χ0) is 33.3. The number of pyridine rings is 1. The number of halogens is 1. The van der Waals surface area contributed by atoms with Crippen molar-refractivity contribution in [1.82, 2.24) is 25.1 Å². The summed E-state index contributed by atoms with van der Waals surface area (Å²) in [6.45, 7) is 13.5. The van der Waals surface area contributed by atoms with E-state index in [4.69, 9.17) is 10.1 Å². The van der Waals surface area contributed by atoms with Gasteiger partial charge in [-0.1, -0.05) is 67.8 Å². The molecular weight excluding hydrogens is 581 g/mol. The number of H-pyrrole nitrogens is 2. The predicted molar refractivity (Wildman–Crippen MR) is 196 cm³/mol. The summed E-state index contributed by atoms with van der Waals surface area (Å²) in [4.78, 5) is 10.4. The van der Waals surface area contributed by atoms with Crippen LogP contribution in [0, 0.1) is 5.82 Å². The molecule has 0 aliphatic heterocycles. The van der Waals surface area contributed by atoms with Gasteiger partial charge in [-0.3, -0.25) is 10.1 Å². The first kappa shape index (κ1) is 33.3. The molecule has 0 saturated carbocycles. The SMILES string of the molecule is C=C/C(=C\C(=C/C)C(=C)/C=c1/c(-c2cc3c(-c4cc(F)cc(CCCN(C)C)c4)nccc3[nH]2)n[nH]/c1=C/C)CCc1ccccc1. The third kappa shape index (κ3) is 8.21. The Kier molecular flexibility index (Phi) is 11.0. The molecule has 3 heterocycles. The molecule has 0 amide bonds. The Hall–Kier alpha value is -5.07. The fourth-order valence-electron chi connectivity index (χ4n) is 5.86. The van der Waals surface area contributed by atoms with E-state index in [1.807, 2.05) is 38.1 Å². The number of hydrogen-bond acceptors (Lipinski definition) is 3. The van der Waals surface area contributed by atoms with Gasteiger partial charge in [-0.25, -0.2) is 4.39 Å². The Bertz CT molecular complexity index is 2060. The molecule has 0 bridgehead atoms. The lowest BCUT2D eigenvalue weighted by Gasteiger charge is -2.10. The van der Waals surface area contributed by atoms with E-state index in [1.165, 1.54) is 5.56 Å². The highest BCUT2D eigenvalue weighted by molar-refractivity contribution is 5.96. The third-order valence-corrected chi connectivity index (χ3v) is 8.38. The standard InChI is InChI=1S/C41H44FN5/c1-7-29(17-18-30-14-11-10-12-15-30)23-32(8-2)28(4)22-35-37(9-3)45-46-41(35)39-27-36-38(44-39)19-20-43-40(36)33-24-31(25-34(42)26-33)16-13-21-47(5)6/h7-12,14-15,19-20,22-27,44-45H,1,4,13,16-18,21H2,2-3,5-6H3/b29-23+,32-8+,35-22+,37-9+. The number of allylic oxidation sites excluding steroid dienone is 6. The molecule has 2 N–H and O–H groups in total. The molecule has 0 spiro atoms. The molecule has 0 radical (unpaired) electrons. The number of benzene rings is 2. The van der Waals surface area contributed by atoms with Crippen LogP contribution in [0.15, 0.2) is 115 Å². The average molecular weight is 626 g/mol. The molecule has 0 aliphatic rings. The molecule has 5 nitrogen and oxygen atoms in total. The van der Waals surface area contributed by atoms with Gasteiger partial charge >= 0.3 is 0 Å². The van der Waals surface area contributed by atoms with E-state index in [0.717, 1.165) is 98.6 Å². The van der Waals surface area contributed by atoms with Gasteiger partial charge in [-0.2, -0.15) is 5.10 Å². The highest BCUT2D eigenvalue weighted by Crippen LogP contribution is 2.31. The van der Waals surface area contributed by atoms with Crippen LogP contribution in [0.5, 0.6) is 0 Å². The Morgan fingerprint density at radius 1 is 0.979 bits per heavy atom. The smallest absolute Gasteiger partial charge is 0.124 e. The normalized spacial score (nSPS) is 13.2. The third-order valence-electron chi connectivity index (χ3n) is 8.38. The second-order valence-electron chi connectivity index (χ2n) is 12.1. The van der Waals surface area contributed by atoms with Gasteiger partial charge in [0.2, 0.25) is 0 Å². The number of nitrogens with one attached hydrogen (secondary N) is 2. The Labute approximate surface area is 277 Å². The second kappa shape index (κ2) is 15.5. The summed E-state index contributed by atoms with van der Waals surface area (Å²) < 4.78 is 14.8. The minimum atomic E-state index is -0.253.